The summed E-state index contributed by atoms with van der Waals surface area (Å²) in [4.78, 5) is 22.0. The van der Waals surface area contributed by atoms with Gasteiger partial charge in [0.25, 0.3) is 0 Å². The molecule has 1 N–H and O–H groups in total. The van der Waals surface area contributed by atoms with Crippen molar-refractivity contribution in [1.29, 1.82) is 0 Å². The highest BCUT2D eigenvalue weighted by molar-refractivity contribution is 6.31. The van der Waals surface area contributed by atoms with E-state index < -0.39 is 5.41 Å². The summed E-state index contributed by atoms with van der Waals surface area (Å²) in [6.07, 6.45) is 2.16. The molecule has 0 spiro atoms. The number of amides is 1. The van der Waals surface area contributed by atoms with Gasteiger partial charge in [0.1, 0.15) is 6.33 Å². The number of halogens is 1. The standard InChI is InChI=1S/C12H17ClN4O2/c1-12(11(18)14-2)4-5-17(6-12)10-8(19-3)9(13)15-7-16-10/h7H,4-6H2,1-3H3,(H,14,18). The Kier molecular flexibility index (Phi) is 3.80. The smallest absolute Gasteiger partial charge is 0.227 e. The average molecular weight is 285 g/mol. The van der Waals surface area contributed by atoms with Gasteiger partial charge in [-0.25, -0.2) is 9.97 Å². The van der Waals surface area contributed by atoms with Gasteiger partial charge in [-0.15, -0.1) is 0 Å². The summed E-state index contributed by atoms with van der Waals surface area (Å²) in [5, 5.41) is 2.98. The first-order valence-corrected chi connectivity index (χ1v) is 6.41. The Balaban J connectivity index is 2.27. The third kappa shape index (κ3) is 2.45. The van der Waals surface area contributed by atoms with Crippen LogP contribution >= 0.6 is 11.6 Å². The Labute approximate surface area is 117 Å². The number of carbonyl (C=O) groups excluding carboxylic acids is 1. The number of nitrogens with zero attached hydrogens (tertiary/aromatic N) is 3. The maximum atomic E-state index is 11.9. The SMILES string of the molecule is CNC(=O)C1(C)CCN(c2ncnc(Cl)c2OC)C1. The highest BCUT2D eigenvalue weighted by Gasteiger charge is 2.41. The lowest BCUT2D eigenvalue weighted by Gasteiger charge is -2.24. The van der Waals surface area contributed by atoms with Gasteiger partial charge in [-0.3, -0.25) is 4.79 Å². The van der Waals surface area contributed by atoms with Crippen LogP contribution in [0.25, 0.3) is 0 Å². The molecule has 0 radical (unpaired) electrons. The van der Waals surface area contributed by atoms with Gasteiger partial charge in [-0.05, 0) is 13.3 Å². The largest absolute Gasteiger partial charge is 0.490 e. The quantitative estimate of drug-likeness (QED) is 0.842. The monoisotopic (exact) mass is 284 g/mol. The molecule has 19 heavy (non-hydrogen) atoms. The van der Waals surface area contributed by atoms with E-state index in [2.05, 4.69) is 15.3 Å². The second-order valence-corrected chi connectivity index (χ2v) is 5.19. The van der Waals surface area contributed by atoms with Crippen LogP contribution in [0.2, 0.25) is 5.15 Å². The van der Waals surface area contributed by atoms with Crippen molar-refractivity contribution in [2.24, 2.45) is 5.41 Å². The van der Waals surface area contributed by atoms with Crippen molar-refractivity contribution in [3.63, 3.8) is 0 Å². The molecule has 1 aromatic rings. The number of ether oxygens (including phenoxy) is 1. The van der Waals surface area contributed by atoms with Crippen LogP contribution in [0.15, 0.2) is 6.33 Å². The van der Waals surface area contributed by atoms with Gasteiger partial charge in [-0.2, -0.15) is 0 Å². The van der Waals surface area contributed by atoms with Crippen LogP contribution in [0.1, 0.15) is 13.3 Å². The Bertz CT molecular complexity index is 497. The minimum atomic E-state index is -0.419. The number of methoxy groups -OCH3 is 1. The third-order valence-electron chi connectivity index (χ3n) is 3.49. The summed E-state index contributed by atoms with van der Waals surface area (Å²) in [5.41, 5.74) is -0.419. The van der Waals surface area contributed by atoms with Gasteiger partial charge in [0.05, 0.1) is 12.5 Å². The number of hydrogen-bond donors (Lipinski definition) is 1. The van der Waals surface area contributed by atoms with Gasteiger partial charge in [-0.1, -0.05) is 11.6 Å². The summed E-state index contributed by atoms with van der Waals surface area (Å²) in [5.74, 6) is 1.12. The van der Waals surface area contributed by atoms with Crippen LogP contribution in [0.5, 0.6) is 5.75 Å². The number of anilines is 1. The van der Waals surface area contributed by atoms with E-state index in [0.29, 0.717) is 18.1 Å². The average Bonchev–Trinajstić information content (AvgIpc) is 2.81. The normalized spacial score (nSPS) is 22.4. The number of hydrogen-bond acceptors (Lipinski definition) is 5. The first kappa shape index (κ1) is 13.9. The van der Waals surface area contributed by atoms with E-state index in [4.69, 9.17) is 16.3 Å². The first-order chi connectivity index (χ1) is 9.01. The van der Waals surface area contributed by atoms with Crippen molar-refractivity contribution in [3.05, 3.63) is 11.5 Å². The lowest BCUT2D eigenvalue weighted by Crippen LogP contribution is -2.39. The van der Waals surface area contributed by atoms with E-state index in [-0.39, 0.29) is 11.1 Å². The van der Waals surface area contributed by atoms with Gasteiger partial charge in [0.15, 0.2) is 16.7 Å². The lowest BCUT2D eigenvalue weighted by molar-refractivity contribution is -0.128. The summed E-state index contributed by atoms with van der Waals surface area (Å²) in [6.45, 7) is 3.26. The molecule has 2 rings (SSSR count). The van der Waals surface area contributed by atoms with Crippen LogP contribution in [-0.2, 0) is 4.79 Å². The zero-order valence-electron chi connectivity index (χ0n) is 11.2. The number of nitrogens with one attached hydrogen (secondary N) is 1. The minimum Gasteiger partial charge on any atom is -0.490 e. The molecule has 6 nitrogen and oxygen atoms in total. The third-order valence-corrected chi connectivity index (χ3v) is 3.76. The Hall–Kier alpha value is -1.56. The molecule has 1 unspecified atom stereocenters. The number of aromatic nitrogens is 2. The number of carbonyl (C=O) groups is 1. The van der Waals surface area contributed by atoms with Gasteiger partial charge in [0.2, 0.25) is 5.91 Å². The zero-order valence-corrected chi connectivity index (χ0v) is 12.0. The fourth-order valence-electron chi connectivity index (χ4n) is 2.37. The molecule has 1 aliphatic rings. The molecule has 104 valence electrons. The lowest BCUT2D eigenvalue weighted by atomic mass is 9.89. The van der Waals surface area contributed by atoms with Crippen LogP contribution in [0.3, 0.4) is 0 Å². The molecule has 2 heterocycles. The van der Waals surface area contributed by atoms with E-state index >= 15 is 0 Å². The summed E-state index contributed by atoms with van der Waals surface area (Å²) < 4.78 is 5.24. The molecule has 0 aliphatic carbocycles. The molecule has 1 aromatic heterocycles. The van der Waals surface area contributed by atoms with E-state index in [1.807, 2.05) is 11.8 Å². The van der Waals surface area contributed by atoms with Gasteiger partial charge >= 0.3 is 0 Å². The molecule has 1 saturated heterocycles. The maximum absolute atomic E-state index is 11.9. The molecule has 1 fully saturated rings. The highest BCUT2D eigenvalue weighted by Crippen LogP contribution is 2.38. The Morgan fingerprint density at radius 2 is 2.32 bits per heavy atom. The summed E-state index contributed by atoms with van der Waals surface area (Å²) >= 11 is 5.99. The van der Waals surface area contributed by atoms with Crippen LogP contribution in [0, 0.1) is 5.41 Å². The minimum absolute atomic E-state index is 0.0362. The van der Waals surface area contributed by atoms with E-state index in [1.54, 1.807) is 7.05 Å². The topological polar surface area (TPSA) is 67.4 Å². The summed E-state index contributed by atoms with van der Waals surface area (Å²) in [6, 6.07) is 0. The molecule has 7 heteroatoms. The van der Waals surface area contributed by atoms with Crippen molar-refractivity contribution in [2.45, 2.75) is 13.3 Å². The molecule has 1 aliphatic heterocycles. The highest BCUT2D eigenvalue weighted by atomic mass is 35.5. The predicted molar refractivity (Wildman–Crippen MR) is 72.6 cm³/mol. The van der Waals surface area contributed by atoms with E-state index in [0.717, 1.165) is 13.0 Å². The predicted octanol–water partition coefficient (Wildman–Crippen LogP) is 1.10. The molecule has 0 bridgehead atoms. The van der Waals surface area contributed by atoms with E-state index in [9.17, 15) is 4.79 Å². The van der Waals surface area contributed by atoms with Crippen molar-refractivity contribution in [3.8, 4) is 5.75 Å². The summed E-state index contributed by atoms with van der Waals surface area (Å²) in [7, 11) is 3.18. The zero-order chi connectivity index (χ0) is 14.0. The maximum Gasteiger partial charge on any atom is 0.227 e. The van der Waals surface area contributed by atoms with Gasteiger partial charge in [0, 0.05) is 20.1 Å². The Morgan fingerprint density at radius 3 is 2.95 bits per heavy atom. The van der Waals surface area contributed by atoms with Crippen LogP contribution in [-0.4, -0.2) is 43.1 Å². The fourth-order valence-corrected chi connectivity index (χ4v) is 2.58. The molecule has 1 amide bonds. The van der Waals surface area contributed by atoms with E-state index in [1.165, 1.54) is 13.4 Å². The molecule has 0 saturated carbocycles. The van der Waals surface area contributed by atoms with Crippen molar-refractivity contribution in [2.75, 3.05) is 32.1 Å². The van der Waals surface area contributed by atoms with Crippen molar-refractivity contribution < 1.29 is 9.53 Å². The molecule has 1 atom stereocenters. The molecule has 0 aromatic carbocycles. The van der Waals surface area contributed by atoms with Crippen LogP contribution < -0.4 is 15.0 Å². The second-order valence-electron chi connectivity index (χ2n) is 4.83. The second kappa shape index (κ2) is 5.21. The number of rotatable bonds is 3. The fraction of sp³-hybridized carbons (Fsp3) is 0.583. The van der Waals surface area contributed by atoms with Crippen LogP contribution in [0.4, 0.5) is 5.82 Å². The first-order valence-electron chi connectivity index (χ1n) is 6.03. The van der Waals surface area contributed by atoms with Crippen molar-refractivity contribution in [1.82, 2.24) is 15.3 Å². The van der Waals surface area contributed by atoms with Gasteiger partial charge < -0.3 is 15.0 Å². The molecular formula is C12H17ClN4O2. The van der Waals surface area contributed by atoms with Crippen molar-refractivity contribution >= 4 is 23.3 Å². The molecular weight excluding hydrogens is 268 g/mol. The Morgan fingerprint density at radius 1 is 1.58 bits per heavy atom.